The number of carbonyl (C=O) groups is 1. The number of ether oxygens (including phenoxy) is 1. The number of carbonyl (C=O) groups excluding carboxylic acids is 1. The van der Waals surface area contributed by atoms with Crippen LogP contribution in [-0.2, 0) is 19.6 Å². The number of piperidine rings is 1. The number of benzene rings is 1. The van der Waals surface area contributed by atoms with Crippen LogP contribution in [-0.4, -0.2) is 51.5 Å². The number of nitrogens with one attached hydrogen (secondary N) is 1. The smallest absolute Gasteiger partial charge is 0.243 e. The SMILES string of the molecule is CCCCOCCCNC(=O)C1CCN(S(=O)(=O)c2ccc(Cl)cc2)CC1. The maximum Gasteiger partial charge on any atom is 0.243 e. The maximum absolute atomic E-state index is 12.7. The molecule has 1 aromatic carbocycles. The van der Waals surface area contributed by atoms with E-state index < -0.39 is 10.0 Å². The molecule has 0 atom stereocenters. The van der Waals surface area contributed by atoms with Crippen LogP contribution in [0.1, 0.15) is 39.0 Å². The zero-order valence-electron chi connectivity index (χ0n) is 15.8. The van der Waals surface area contributed by atoms with Crippen molar-refractivity contribution in [2.24, 2.45) is 5.92 Å². The molecule has 1 amide bonds. The second-order valence-electron chi connectivity index (χ2n) is 6.74. The highest BCUT2D eigenvalue weighted by Gasteiger charge is 2.31. The van der Waals surface area contributed by atoms with Crippen LogP contribution in [0, 0.1) is 5.92 Å². The van der Waals surface area contributed by atoms with Gasteiger partial charge in [-0.15, -0.1) is 0 Å². The predicted octanol–water partition coefficient (Wildman–Crippen LogP) is 3.06. The lowest BCUT2D eigenvalue weighted by Crippen LogP contribution is -2.43. The lowest BCUT2D eigenvalue weighted by atomic mass is 9.97. The number of unbranched alkanes of at least 4 members (excludes halogenated alkanes) is 1. The second-order valence-corrected chi connectivity index (χ2v) is 9.12. The normalized spacial score (nSPS) is 16.4. The molecule has 1 aliphatic heterocycles. The first kappa shape index (κ1) is 22.1. The molecule has 0 bridgehead atoms. The number of sulfonamides is 1. The van der Waals surface area contributed by atoms with Crippen molar-refractivity contribution in [1.29, 1.82) is 0 Å². The molecule has 0 spiro atoms. The number of nitrogens with zero attached hydrogens (tertiary/aromatic N) is 1. The zero-order valence-corrected chi connectivity index (χ0v) is 17.4. The molecule has 0 aromatic heterocycles. The fourth-order valence-electron chi connectivity index (χ4n) is 2.99. The summed E-state index contributed by atoms with van der Waals surface area (Å²) in [4.78, 5) is 12.5. The second kappa shape index (κ2) is 11.0. The Balaban J connectivity index is 1.73. The lowest BCUT2D eigenvalue weighted by Gasteiger charge is -2.30. The van der Waals surface area contributed by atoms with Crippen molar-refractivity contribution in [1.82, 2.24) is 9.62 Å². The van der Waals surface area contributed by atoms with Gasteiger partial charge in [0.2, 0.25) is 15.9 Å². The van der Waals surface area contributed by atoms with Gasteiger partial charge in [0.1, 0.15) is 0 Å². The molecule has 1 saturated heterocycles. The summed E-state index contributed by atoms with van der Waals surface area (Å²) in [6.07, 6.45) is 4.03. The molecular weight excluding hydrogens is 388 g/mol. The van der Waals surface area contributed by atoms with Gasteiger partial charge in [0.05, 0.1) is 4.90 Å². The summed E-state index contributed by atoms with van der Waals surface area (Å²) in [5.74, 6) is -0.130. The molecule has 0 aliphatic carbocycles. The molecule has 8 heteroatoms. The van der Waals surface area contributed by atoms with Crippen molar-refractivity contribution in [3.8, 4) is 0 Å². The average molecular weight is 417 g/mol. The highest BCUT2D eigenvalue weighted by molar-refractivity contribution is 7.89. The Morgan fingerprint density at radius 1 is 1.19 bits per heavy atom. The fraction of sp³-hybridized carbons (Fsp3) is 0.632. The van der Waals surface area contributed by atoms with Crippen molar-refractivity contribution in [2.75, 3.05) is 32.8 Å². The summed E-state index contributed by atoms with van der Waals surface area (Å²) < 4.78 is 32.2. The van der Waals surface area contributed by atoms with Gasteiger partial charge in [0.25, 0.3) is 0 Å². The first-order chi connectivity index (χ1) is 12.9. The van der Waals surface area contributed by atoms with Crippen LogP contribution < -0.4 is 5.32 Å². The Kier molecular flexibility index (Phi) is 9.02. The van der Waals surface area contributed by atoms with E-state index in [9.17, 15) is 13.2 Å². The number of halogens is 1. The first-order valence-electron chi connectivity index (χ1n) is 9.56. The average Bonchev–Trinajstić information content (AvgIpc) is 2.67. The number of hydrogen-bond acceptors (Lipinski definition) is 4. The van der Waals surface area contributed by atoms with Crippen molar-refractivity contribution in [2.45, 2.75) is 43.9 Å². The van der Waals surface area contributed by atoms with E-state index in [0.717, 1.165) is 25.9 Å². The molecule has 1 aromatic rings. The van der Waals surface area contributed by atoms with Crippen LogP contribution in [0.2, 0.25) is 5.02 Å². The molecule has 0 saturated carbocycles. The Bertz CT molecular complexity index is 686. The topological polar surface area (TPSA) is 75.7 Å². The highest BCUT2D eigenvalue weighted by atomic mass is 35.5. The van der Waals surface area contributed by atoms with E-state index in [1.165, 1.54) is 16.4 Å². The fourth-order valence-corrected chi connectivity index (χ4v) is 4.59. The zero-order chi connectivity index (χ0) is 19.7. The first-order valence-corrected chi connectivity index (χ1v) is 11.4. The number of rotatable bonds is 10. The summed E-state index contributed by atoms with van der Waals surface area (Å²) >= 11 is 5.82. The van der Waals surface area contributed by atoms with Crippen LogP contribution in [0.3, 0.4) is 0 Å². The van der Waals surface area contributed by atoms with Crippen LogP contribution in [0.5, 0.6) is 0 Å². The van der Waals surface area contributed by atoms with Gasteiger partial charge in [-0.05, 0) is 49.9 Å². The van der Waals surface area contributed by atoms with Gasteiger partial charge in [-0.25, -0.2) is 8.42 Å². The summed E-state index contributed by atoms with van der Waals surface area (Å²) in [7, 11) is -3.53. The van der Waals surface area contributed by atoms with E-state index in [-0.39, 0.29) is 16.7 Å². The van der Waals surface area contributed by atoms with Crippen LogP contribution in [0.25, 0.3) is 0 Å². The monoisotopic (exact) mass is 416 g/mol. The van der Waals surface area contributed by atoms with Gasteiger partial charge in [0.15, 0.2) is 0 Å². The summed E-state index contributed by atoms with van der Waals surface area (Å²) in [5.41, 5.74) is 0. The van der Waals surface area contributed by atoms with Crippen LogP contribution >= 0.6 is 11.6 Å². The molecule has 27 heavy (non-hydrogen) atoms. The quantitative estimate of drug-likeness (QED) is 0.595. The van der Waals surface area contributed by atoms with E-state index in [4.69, 9.17) is 16.3 Å². The maximum atomic E-state index is 12.7. The minimum absolute atomic E-state index is 0.00657. The molecule has 6 nitrogen and oxygen atoms in total. The molecule has 1 fully saturated rings. The standard InChI is InChI=1S/C19H29ClN2O4S/c1-2-3-14-26-15-4-11-21-19(23)16-9-12-22(13-10-16)27(24,25)18-7-5-17(20)6-8-18/h5-8,16H,2-4,9-15H2,1H3,(H,21,23). The van der Waals surface area contributed by atoms with Crippen LogP contribution in [0.4, 0.5) is 0 Å². The number of amides is 1. The van der Waals surface area contributed by atoms with Crippen LogP contribution in [0.15, 0.2) is 29.2 Å². The highest BCUT2D eigenvalue weighted by Crippen LogP contribution is 2.24. The summed E-state index contributed by atoms with van der Waals surface area (Å²) in [5, 5.41) is 3.43. The lowest BCUT2D eigenvalue weighted by molar-refractivity contribution is -0.126. The Hall–Kier alpha value is -1.15. The van der Waals surface area contributed by atoms with E-state index in [1.807, 2.05) is 0 Å². The van der Waals surface area contributed by atoms with Gasteiger partial charge in [-0.3, -0.25) is 4.79 Å². The van der Waals surface area contributed by atoms with E-state index in [2.05, 4.69) is 12.2 Å². The van der Waals surface area contributed by atoms with Crippen molar-refractivity contribution >= 4 is 27.5 Å². The number of hydrogen-bond donors (Lipinski definition) is 1. The predicted molar refractivity (Wildman–Crippen MR) is 106 cm³/mol. The Labute approximate surface area is 167 Å². The molecule has 2 rings (SSSR count). The van der Waals surface area contributed by atoms with E-state index in [0.29, 0.717) is 44.1 Å². The molecule has 1 N–H and O–H groups in total. The molecule has 1 aliphatic rings. The summed E-state index contributed by atoms with van der Waals surface area (Å²) in [6.45, 7) is 4.83. The molecule has 0 unspecified atom stereocenters. The molecule has 0 radical (unpaired) electrons. The van der Waals surface area contributed by atoms with Gasteiger partial charge in [-0.1, -0.05) is 24.9 Å². The van der Waals surface area contributed by atoms with Gasteiger partial charge < -0.3 is 10.1 Å². The van der Waals surface area contributed by atoms with E-state index >= 15 is 0 Å². The third-order valence-electron chi connectivity index (χ3n) is 4.68. The minimum Gasteiger partial charge on any atom is -0.381 e. The summed E-state index contributed by atoms with van der Waals surface area (Å²) in [6, 6.07) is 6.17. The molecule has 152 valence electrons. The van der Waals surface area contributed by atoms with Crippen molar-refractivity contribution in [3.63, 3.8) is 0 Å². The Morgan fingerprint density at radius 2 is 1.81 bits per heavy atom. The molecular formula is C19H29ClN2O4S. The largest absolute Gasteiger partial charge is 0.381 e. The van der Waals surface area contributed by atoms with Crippen molar-refractivity contribution in [3.05, 3.63) is 29.3 Å². The Morgan fingerprint density at radius 3 is 2.44 bits per heavy atom. The third kappa shape index (κ3) is 6.75. The van der Waals surface area contributed by atoms with Gasteiger partial charge in [0, 0.05) is 43.8 Å². The van der Waals surface area contributed by atoms with Crippen molar-refractivity contribution < 1.29 is 17.9 Å². The van der Waals surface area contributed by atoms with E-state index in [1.54, 1.807) is 12.1 Å². The van der Waals surface area contributed by atoms with Gasteiger partial charge in [-0.2, -0.15) is 4.31 Å². The minimum atomic E-state index is -3.53. The third-order valence-corrected chi connectivity index (χ3v) is 6.85. The van der Waals surface area contributed by atoms with Gasteiger partial charge >= 0.3 is 0 Å². The molecule has 1 heterocycles.